The Morgan fingerprint density at radius 2 is 1.16 bits per heavy atom. The maximum atomic E-state index is 5.68. The molecule has 0 unspecified atom stereocenters. The molecule has 0 saturated carbocycles. The van der Waals surface area contributed by atoms with Crippen LogP contribution in [0.3, 0.4) is 0 Å². The van der Waals surface area contributed by atoms with Crippen LogP contribution in [0.4, 0.5) is 0 Å². The van der Waals surface area contributed by atoms with Gasteiger partial charge < -0.3 is 9.47 Å². The van der Waals surface area contributed by atoms with E-state index in [1.54, 1.807) is 0 Å². The number of ether oxygens (including phenoxy) is 2. The van der Waals surface area contributed by atoms with Gasteiger partial charge in [-0.1, -0.05) is 60.7 Å². The first-order chi connectivity index (χ1) is 15.3. The van der Waals surface area contributed by atoms with E-state index < -0.39 is 0 Å². The van der Waals surface area contributed by atoms with Crippen LogP contribution >= 0.6 is 0 Å². The minimum atomic E-state index is 0.673. The van der Waals surface area contributed by atoms with Crippen molar-refractivity contribution >= 4 is 0 Å². The highest BCUT2D eigenvalue weighted by Crippen LogP contribution is 2.46. The van der Waals surface area contributed by atoms with E-state index in [0.717, 1.165) is 17.9 Å². The molecule has 0 N–H and O–H groups in total. The smallest absolute Gasteiger partial charge is 0.119 e. The van der Waals surface area contributed by atoms with Crippen molar-refractivity contribution < 1.29 is 9.47 Å². The molecule has 0 bridgehead atoms. The lowest BCUT2D eigenvalue weighted by Crippen LogP contribution is -1.95. The molecular weight excluding hydrogens is 380 g/mol. The van der Waals surface area contributed by atoms with Crippen LogP contribution in [0.2, 0.25) is 0 Å². The van der Waals surface area contributed by atoms with Crippen LogP contribution in [0.5, 0.6) is 11.5 Å². The van der Waals surface area contributed by atoms with Gasteiger partial charge >= 0.3 is 0 Å². The molecule has 0 amide bonds. The third kappa shape index (κ3) is 3.59. The minimum absolute atomic E-state index is 0.673. The van der Waals surface area contributed by atoms with Crippen molar-refractivity contribution in [3.8, 4) is 44.9 Å². The molecule has 0 radical (unpaired) electrons. The van der Waals surface area contributed by atoms with Crippen molar-refractivity contribution in [1.29, 1.82) is 0 Å². The van der Waals surface area contributed by atoms with Gasteiger partial charge in [-0.15, -0.1) is 0 Å². The maximum Gasteiger partial charge on any atom is 0.119 e. The molecule has 1 aliphatic rings. The molecule has 0 spiro atoms. The van der Waals surface area contributed by atoms with E-state index in [9.17, 15) is 0 Å². The van der Waals surface area contributed by atoms with Gasteiger partial charge in [0.2, 0.25) is 0 Å². The second-order valence-corrected chi connectivity index (χ2v) is 7.76. The Morgan fingerprint density at radius 3 is 1.81 bits per heavy atom. The summed E-state index contributed by atoms with van der Waals surface area (Å²) in [7, 11) is 0. The van der Waals surface area contributed by atoms with E-state index in [4.69, 9.17) is 9.47 Å². The summed E-state index contributed by atoms with van der Waals surface area (Å²) >= 11 is 0. The maximum absolute atomic E-state index is 5.68. The van der Waals surface area contributed by atoms with Gasteiger partial charge in [0.25, 0.3) is 0 Å². The summed E-state index contributed by atoms with van der Waals surface area (Å²) in [5.74, 6) is 1.81. The molecule has 4 aromatic carbocycles. The molecule has 5 rings (SSSR count). The molecule has 0 aliphatic heterocycles. The second kappa shape index (κ2) is 8.31. The number of fused-ring (bicyclic) bond motifs is 3. The van der Waals surface area contributed by atoms with Crippen LogP contribution in [0.15, 0.2) is 84.9 Å². The fraction of sp³-hybridized carbons (Fsp3) is 0.172. The van der Waals surface area contributed by atoms with Gasteiger partial charge in [-0.2, -0.15) is 0 Å². The molecule has 0 saturated heterocycles. The average molecular weight is 407 g/mol. The van der Waals surface area contributed by atoms with E-state index >= 15 is 0 Å². The summed E-state index contributed by atoms with van der Waals surface area (Å²) in [6, 6.07) is 30.2. The molecule has 1 aliphatic carbocycles. The van der Waals surface area contributed by atoms with Crippen molar-refractivity contribution in [3.05, 3.63) is 96.1 Å². The van der Waals surface area contributed by atoms with Crippen LogP contribution in [0, 0.1) is 0 Å². The first-order valence-corrected chi connectivity index (χ1v) is 11.0. The Bertz CT molecular complexity index is 1200. The monoisotopic (exact) mass is 406 g/mol. The quantitative estimate of drug-likeness (QED) is 0.293. The van der Waals surface area contributed by atoms with Gasteiger partial charge in [0.15, 0.2) is 0 Å². The van der Waals surface area contributed by atoms with Crippen molar-refractivity contribution in [1.82, 2.24) is 0 Å². The highest BCUT2D eigenvalue weighted by molar-refractivity contribution is 5.93. The van der Waals surface area contributed by atoms with Crippen LogP contribution in [0.1, 0.15) is 25.0 Å². The first-order valence-electron chi connectivity index (χ1n) is 11.0. The zero-order valence-electron chi connectivity index (χ0n) is 18.0. The van der Waals surface area contributed by atoms with Crippen molar-refractivity contribution in [3.63, 3.8) is 0 Å². The fourth-order valence-corrected chi connectivity index (χ4v) is 4.56. The first kappa shape index (κ1) is 19.4. The molecule has 2 heteroatoms. The van der Waals surface area contributed by atoms with E-state index in [1.165, 1.54) is 44.5 Å². The number of hydrogen-bond acceptors (Lipinski definition) is 2. The van der Waals surface area contributed by atoms with Gasteiger partial charge in [0.1, 0.15) is 11.5 Å². The van der Waals surface area contributed by atoms with Crippen LogP contribution in [-0.2, 0) is 6.42 Å². The minimum Gasteiger partial charge on any atom is -0.494 e. The van der Waals surface area contributed by atoms with Gasteiger partial charge in [0.05, 0.1) is 13.2 Å². The number of hydrogen-bond donors (Lipinski definition) is 0. The largest absolute Gasteiger partial charge is 0.494 e. The van der Waals surface area contributed by atoms with E-state index in [1.807, 2.05) is 13.8 Å². The van der Waals surface area contributed by atoms with E-state index in [2.05, 4.69) is 84.9 Å². The van der Waals surface area contributed by atoms with E-state index in [-0.39, 0.29) is 0 Å². The molecular formula is C29H26O2. The molecule has 0 aromatic heterocycles. The normalized spacial score (nSPS) is 11.7. The van der Waals surface area contributed by atoms with Crippen molar-refractivity contribution in [2.24, 2.45) is 0 Å². The van der Waals surface area contributed by atoms with Gasteiger partial charge in [-0.05, 0) is 89.0 Å². The lowest BCUT2D eigenvalue weighted by Gasteiger charge is -2.17. The van der Waals surface area contributed by atoms with E-state index in [0.29, 0.717) is 13.2 Å². The second-order valence-electron chi connectivity index (χ2n) is 7.76. The summed E-state index contributed by atoms with van der Waals surface area (Å²) in [6.45, 7) is 5.37. The van der Waals surface area contributed by atoms with Gasteiger partial charge in [-0.3, -0.25) is 0 Å². The average Bonchev–Trinajstić information content (AvgIpc) is 3.19. The molecule has 4 aromatic rings. The Morgan fingerprint density at radius 1 is 0.581 bits per heavy atom. The zero-order valence-corrected chi connectivity index (χ0v) is 18.0. The topological polar surface area (TPSA) is 18.5 Å². The lowest BCUT2D eigenvalue weighted by molar-refractivity contribution is 0.340. The Labute approximate surface area is 184 Å². The molecule has 31 heavy (non-hydrogen) atoms. The number of rotatable bonds is 6. The molecule has 0 atom stereocenters. The predicted molar refractivity (Wildman–Crippen MR) is 128 cm³/mol. The SMILES string of the molecule is CCOc1ccc(-c2ccc3c(c2-c2ccc(OCC)cc2)Cc2ccccc2-3)cc1. The third-order valence-electron chi connectivity index (χ3n) is 5.92. The molecule has 0 heterocycles. The van der Waals surface area contributed by atoms with Gasteiger partial charge in [0, 0.05) is 0 Å². The molecule has 2 nitrogen and oxygen atoms in total. The third-order valence-corrected chi connectivity index (χ3v) is 5.92. The summed E-state index contributed by atoms with van der Waals surface area (Å²) < 4.78 is 11.3. The summed E-state index contributed by atoms with van der Waals surface area (Å²) in [5.41, 5.74) is 10.5. The van der Waals surface area contributed by atoms with Crippen molar-refractivity contribution in [2.45, 2.75) is 20.3 Å². The van der Waals surface area contributed by atoms with Gasteiger partial charge in [-0.25, -0.2) is 0 Å². The predicted octanol–water partition coefficient (Wildman–Crippen LogP) is 7.39. The van der Waals surface area contributed by atoms with Crippen LogP contribution < -0.4 is 9.47 Å². The summed E-state index contributed by atoms with van der Waals surface area (Å²) in [4.78, 5) is 0. The van der Waals surface area contributed by atoms with Crippen molar-refractivity contribution in [2.75, 3.05) is 13.2 Å². The molecule has 154 valence electrons. The Hall–Kier alpha value is -3.52. The standard InChI is InChI=1S/C29H26O2/c1-3-30-23-13-9-20(10-14-23)26-17-18-27-25-8-6-5-7-22(25)19-28(27)29(26)21-11-15-24(16-12-21)31-4-2/h5-18H,3-4,19H2,1-2H3. The van der Waals surface area contributed by atoms with Crippen LogP contribution in [0.25, 0.3) is 33.4 Å². The Kier molecular flexibility index (Phi) is 5.21. The lowest BCUT2D eigenvalue weighted by atomic mass is 9.88. The fourth-order valence-electron chi connectivity index (χ4n) is 4.56. The Balaban J connectivity index is 1.67. The highest BCUT2D eigenvalue weighted by Gasteiger charge is 2.24. The summed E-state index contributed by atoms with van der Waals surface area (Å²) in [5, 5.41) is 0. The van der Waals surface area contributed by atoms with Crippen LogP contribution in [-0.4, -0.2) is 13.2 Å². The highest BCUT2D eigenvalue weighted by atomic mass is 16.5. The number of benzene rings is 4. The molecule has 0 fully saturated rings. The zero-order chi connectivity index (χ0) is 21.2. The summed E-state index contributed by atoms with van der Waals surface area (Å²) in [6.07, 6.45) is 0.957.